The highest BCUT2D eigenvalue weighted by Gasteiger charge is 2.53. The molecule has 182 valence electrons. The Bertz CT molecular complexity index is 1350. The van der Waals surface area contributed by atoms with Crippen LogP contribution in [-0.4, -0.2) is 25.5 Å². The topological polar surface area (TPSA) is 64.7 Å². The summed E-state index contributed by atoms with van der Waals surface area (Å²) in [6.45, 7) is 0.668. The van der Waals surface area contributed by atoms with Crippen LogP contribution in [0, 0.1) is 17.8 Å². The summed E-state index contributed by atoms with van der Waals surface area (Å²) in [4.78, 5) is 13.7. The van der Waals surface area contributed by atoms with Crippen LogP contribution in [0.1, 0.15) is 60.1 Å². The number of nitrogens with one attached hydrogen (secondary N) is 1. The van der Waals surface area contributed by atoms with Crippen LogP contribution >= 0.6 is 0 Å². The van der Waals surface area contributed by atoms with Crippen LogP contribution < -0.4 is 5.32 Å². The molecule has 1 N–H and O–H groups in total. The highest BCUT2D eigenvalue weighted by molar-refractivity contribution is 6.04. The molecule has 0 atom stereocenters. The number of carbonyl (C=O) groups excluding carboxylic acids is 1. The van der Waals surface area contributed by atoms with E-state index >= 15 is 0 Å². The summed E-state index contributed by atoms with van der Waals surface area (Å²) < 4.78 is 3.76. The van der Waals surface area contributed by atoms with Crippen molar-refractivity contribution in [3.05, 3.63) is 95.9 Å². The van der Waals surface area contributed by atoms with E-state index in [1.165, 1.54) is 24.8 Å². The first-order chi connectivity index (χ1) is 17.6. The number of carbonyl (C=O) groups is 1. The maximum absolute atomic E-state index is 13.7. The van der Waals surface area contributed by atoms with Gasteiger partial charge in [-0.3, -0.25) is 9.48 Å². The second-order valence-corrected chi connectivity index (χ2v) is 11.2. The molecular formula is C30H31N5O. The van der Waals surface area contributed by atoms with Gasteiger partial charge in [0.1, 0.15) is 0 Å². The van der Waals surface area contributed by atoms with E-state index in [0.717, 1.165) is 48.4 Å². The zero-order valence-electron chi connectivity index (χ0n) is 20.4. The van der Waals surface area contributed by atoms with E-state index in [1.54, 1.807) is 0 Å². The van der Waals surface area contributed by atoms with E-state index in [-0.39, 0.29) is 11.3 Å². The fourth-order valence-corrected chi connectivity index (χ4v) is 7.52. The minimum atomic E-state index is -0.118. The Labute approximate surface area is 211 Å². The molecule has 0 radical (unpaired) electrons. The monoisotopic (exact) mass is 477 g/mol. The van der Waals surface area contributed by atoms with Crippen molar-refractivity contribution < 1.29 is 4.79 Å². The summed E-state index contributed by atoms with van der Waals surface area (Å²) >= 11 is 0. The minimum absolute atomic E-state index is 0.0219. The van der Waals surface area contributed by atoms with Gasteiger partial charge < -0.3 is 5.32 Å². The zero-order chi connectivity index (χ0) is 24.1. The second kappa shape index (κ2) is 8.47. The van der Waals surface area contributed by atoms with Gasteiger partial charge in [-0.25, -0.2) is 4.68 Å². The third kappa shape index (κ3) is 3.85. The summed E-state index contributed by atoms with van der Waals surface area (Å²) in [7, 11) is 0. The predicted molar refractivity (Wildman–Crippen MR) is 139 cm³/mol. The summed E-state index contributed by atoms with van der Waals surface area (Å²) in [5.74, 6) is 2.79. The fraction of sp³-hybridized carbons (Fsp3) is 0.367. The molecule has 0 unspecified atom stereocenters. The third-order valence-corrected chi connectivity index (χ3v) is 8.59. The normalized spacial score (nSPS) is 26.3. The van der Waals surface area contributed by atoms with Crippen LogP contribution in [0.2, 0.25) is 0 Å². The van der Waals surface area contributed by atoms with E-state index in [4.69, 9.17) is 5.10 Å². The maximum Gasteiger partial charge on any atom is 0.260 e. The van der Waals surface area contributed by atoms with Crippen molar-refractivity contribution >= 4 is 11.7 Å². The Balaban J connectivity index is 1.21. The van der Waals surface area contributed by atoms with Gasteiger partial charge in [0.05, 0.1) is 23.5 Å². The van der Waals surface area contributed by atoms with E-state index in [0.29, 0.717) is 17.9 Å². The van der Waals surface area contributed by atoms with Crippen molar-refractivity contribution in [2.24, 2.45) is 17.8 Å². The lowest BCUT2D eigenvalue weighted by molar-refractivity contribution is -0.00765. The zero-order valence-corrected chi connectivity index (χ0v) is 20.4. The Morgan fingerprint density at radius 3 is 2.17 bits per heavy atom. The lowest BCUT2D eigenvalue weighted by Crippen LogP contribution is -2.49. The molecule has 0 spiro atoms. The van der Waals surface area contributed by atoms with Crippen molar-refractivity contribution in [2.45, 2.75) is 50.5 Å². The number of benzene rings is 2. The van der Waals surface area contributed by atoms with E-state index in [9.17, 15) is 4.79 Å². The first kappa shape index (κ1) is 21.6. The average Bonchev–Trinajstić information content (AvgIpc) is 3.52. The molecule has 6 heteroatoms. The van der Waals surface area contributed by atoms with Gasteiger partial charge in [-0.15, -0.1) is 0 Å². The van der Waals surface area contributed by atoms with E-state index in [2.05, 4.69) is 22.5 Å². The molecule has 36 heavy (non-hydrogen) atoms. The van der Waals surface area contributed by atoms with Gasteiger partial charge in [-0.1, -0.05) is 48.5 Å². The van der Waals surface area contributed by atoms with Crippen molar-refractivity contribution in [1.29, 1.82) is 0 Å². The number of nitrogens with zero attached hydrogens (tertiary/aromatic N) is 4. The quantitative estimate of drug-likeness (QED) is 0.380. The third-order valence-electron chi connectivity index (χ3n) is 8.59. The summed E-state index contributed by atoms with van der Waals surface area (Å²) in [5, 5.41) is 12.8. The van der Waals surface area contributed by atoms with Crippen LogP contribution in [0.4, 0.5) is 5.82 Å². The lowest BCUT2D eigenvalue weighted by atomic mass is 9.48. The largest absolute Gasteiger partial charge is 0.305 e. The maximum atomic E-state index is 13.7. The van der Waals surface area contributed by atoms with Crippen LogP contribution in [-0.2, 0) is 12.0 Å². The molecule has 0 saturated heterocycles. The number of anilines is 1. The number of hydrogen-bond acceptors (Lipinski definition) is 3. The SMILES string of the molecule is O=C(Nc1ccn(Cc2ccccc2)n1)c1cn(-c2ccccc2)nc1C12CC3CC(CC(C3)C1)C2. The Morgan fingerprint density at radius 2 is 1.50 bits per heavy atom. The molecule has 4 aromatic rings. The van der Waals surface area contributed by atoms with E-state index in [1.807, 2.05) is 76.4 Å². The Kier molecular flexibility index (Phi) is 5.08. The summed E-state index contributed by atoms with van der Waals surface area (Å²) in [5.41, 5.74) is 3.86. The number of para-hydroxylation sites is 1. The number of hydrogen-bond donors (Lipinski definition) is 1. The average molecular weight is 478 g/mol. The van der Waals surface area contributed by atoms with E-state index < -0.39 is 0 Å². The van der Waals surface area contributed by atoms with Crippen molar-refractivity contribution in [3.63, 3.8) is 0 Å². The first-order valence-electron chi connectivity index (χ1n) is 13.2. The number of rotatable bonds is 6. The molecule has 4 aliphatic carbocycles. The molecule has 1 amide bonds. The van der Waals surface area contributed by atoms with Crippen LogP contribution in [0.5, 0.6) is 0 Å². The molecule has 4 saturated carbocycles. The van der Waals surface area contributed by atoms with Crippen molar-refractivity contribution in [1.82, 2.24) is 19.6 Å². The molecule has 4 bridgehead atoms. The molecule has 0 aliphatic heterocycles. The highest BCUT2D eigenvalue weighted by Crippen LogP contribution is 2.60. The van der Waals surface area contributed by atoms with Gasteiger partial charge in [0.15, 0.2) is 5.82 Å². The molecule has 4 fully saturated rings. The molecule has 4 aliphatic rings. The molecule has 6 nitrogen and oxygen atoms in total. The Morgan fingerprint density at radius 1 is 0.861 bits per heavy atom. The molecular weight excluding hydrogens is 446 g/mol. The van der Waals surface area contributed by atoms with Crippen molar-refractivity contribution in [3.8, 4) is 5.69 Å². The lowest BCUT2D eigenvalue weighted by Gasteiger charge is -2.56. The molecule has 8 rings (SSSR count). The minimum Gasteiger partial charge on any atom is -0.305 e. The van der Waals surface area contributed by atoms with Gasteiger partial charge >= 0.3 is 0 Å². The smallest absolute Gasteiger partial charge is 0.260 e. The van der Waals surface area contributed by atoms with Gasteiger partial charge in [0.25, 0.3) is 5.91 Å². The molecule has 2 heterocycles. The molecule has 2 aromatic heterocycles. The summed E-state index contributed by atoms with van der Waals surface area (Å²) in [6, 6.07) is 22.2. The molecule has 2 aromatic carbocycles. The van der Waals surface area contributed by atoms with Crippen LogP contribution in [0.3, 0.4) is 0 Å². The van der Waals surface area contributed by atoms with Gasteiger partial charge in [-0.05, 0) is 74.0 Å². The second-order valence-electron chi connectivity index (χ2n) is 11.2. The van der Waals surface area contributed by atoms with Crippen molar-refractivity contribution in [2.75, 3.05) is 5.32 Å². The highest BCUT2D eigenvalue weighted by atomic mass is 16.1. The summed E-state index contributed by atoms with van der Waals surface area (Å²) in [6.07, 6.45) is 11.4. The number of aromatic nitrogens is 4. The van der Waals surface area contributed by atoms with Crippen LogP contribution in [0.15, 0.2) is 79.1 Å². The van der Waals surface area contributed by atoms with Crippen LogP contribution in [0.25, 0.3) is 5.69 Å². The predicted octanol–water partition coefficient (Wildman–Crippen LogP) is 5.84. The van der Waals surface area contributed by atoms with Gasteiger partial charge in [-0.2, -0.15) is 10.2 Å². The van der Waals surface area contributed by atoms with Gasteiger partial charge in [0, 0.05) is 23.9 Å². The number of amides is 1. The Hall–Kier alpha value is -3.67. The fourth-order valence-electron chi connectivity index (χ4n) is 7.52. The standard InChI is InChI=1S/C30H31N5O/c36-29(31-27-11-12-34(32-27)19-21-7-3-1-4-8-21)26-20-35(25-9-5-2-6-10-25)33-28(26)30-16-22-13-23(17-30)15-24(14-22)18-30/h1-12,20,22-24H,13-19H2,(H,31,32,36). The first-order valence-corrected chi connectivity index (χ1v) is 13.2. The van der Waals surface area contributed by atoms with Gasteiger partial charge in [0.2, 0.25) is 0 Å².